The molecule has 2 atom stereocenters. The predicted molar refractivity (Wildman–Crippen MR) is 96.1 cm³/mol. The number of sulfone groups is 1. The third-order valence-corrected chi connectivity index (χ3v) is 8.12. The van der Waals surface area contributed by atoms with Gasteiger partial charge in [0, 0.05) is 10.0 Å². The Morgan fingerprint density at radius 3 is 2.71 bits per heavy atom. The minimum absolute atomic E-state index is 0.238. The molecule has 1 N–H and O–H groups in total. The second-order valence-electron chi connectivity index (χ2n) is 6.41. The summed E-state index contributed by atoms with van der Waals surface area (Å²) in [4.78, 5) is 0.373. The number of halogens is 1. The fraction of sp³-hybridized carbons (Fsp3) is 0.333. The Morgan fingerprint density at radius 2 is 1.96 bits per heavy atom. The number of nitrogens with one attached hydrogen (secondary N) is 1. The van der Waals surface area contributed by atoms with Crippen LogP contribution < -0.4 is 10.1 Å². The summed E-state index contributed by atoms with van der Waals surface area (Å²) >= 11 is 3.44. The van der Waals surface area contributed by atoms with E-state index in [1.54, 1.807) is 12.1 Å². The fourth-order valence-electron chi connectivity index (χ4n) is 3.82. The molecular formula is C18H18BrNO3S. The van der Waals surface area contributed by atoms with E-state index >= 15 is 0 Å². The van der Waals surface area contributed by atoms with Gasteiger partial charge in [0.25, 0.3) is 0 Å². The molecule has 1 fully saturated rings. The van der Waals surface area contributed by atoms with E-state index in [0.717, 1.165) is 15.6 Å². The molecule has 0 amide bonds. The molecule has 0 aliphatic carbocycles. The number of hydrogen-bond acceptors (Lipinski definition) is 4. The van der Waals surface area contributed by atoms with Crippen LogP contribution in [0.2, 0.25) is 0 Å². The van der Waals surface area contributed by atoms with Gasteiger partial charge in [-0.2, -0.15) is 0 Å². The van der Waals surface area contributed by atoms with Crippen LogP contribution in [0.15, 0.2) is 51.8 Å². The van der Waals surface area contributed by atoms with Crippen LogP contribution in [0.3, 0.4) is 0 Å². The lowest BCUT2D eigenvalue weighted by Crippen LogP contribution is -2.52. The summed E-state index contributed by atoms with van der Waals surface area (Å²) in [5, 5.41) is 3.33. The van der Waals surface area contributed by atoms with Gasteiger partial charge in [-0.3, -0.25) is 0 Å². The van der Waals surface area contributed by atoms with Crippen molar-refractivity contribution in [1.82, 2.24) is 5.32 Å². The molecule has 2 aromatic carbocycles. The van der Waals surface area contributed by atoms with Crippen molar-refractivity contribution < 1.29 is 13.2 Å². The van der Waals surface area contributed by atoms with Gasteiger partial charge in [-0.25, -0.2) is 8.42 Å². The van der Waals surface area contributed by atoms with E-state index in [1.165, 1.54) is 0 Å². The predicted octanol–water partition coefficient (Wildman–Crippen LogP) is 3.18. The van der Waals surface area contributed by atoms with Crippen molar-refractivity contribution >= 4 is 25.8 Å². The zero-order chi connectivity index (χ0) is 16.9. The third kappa shape index (κ3) is 2.16. The normalized spacial score (nSPS) is 25.7. The number of rotatable bonds is 2. The minimum atomic E-state index is -3.56. The molecule has 0 aromatic heterocycles. The molecule has 0 radical (unpaired) electrons. The lowest BCUT2D eigenvalue weighted by Gasteiger charge is -2.39. The number of fused-ring (bicyclic) bond motifs is 3. The molecule has 0 bridgehead atoms. The van der Waals surface area contributed by atoms with E-state index < -0.39 is 14.6 Å². The smallest absolute Gasteiger partial charge is 0.190 e. The van der Waals surface area contributed by atoms with E-state index in [2.05, 4.69) is 21.2 Å². The van der Waals surface area contributed by atoms with Crippen molar-refractivity contribution in [3.05, 3.63) is 58.1 Å². The van der Waals surface area contributed by atoms with Crippen LogP contribution in [0.1, 0.15) is 17.5 Å². The summed E-state index contributed by atoms with van der Waals surface area (Å²) in [7, 11) is -3.56. The van der Waals surface area contributed by atoms with Gasteiger partial charge >= 0.3 is 0 Å². The summed E-state index contributed by atoms with van der Waals surface area (Å²) in [6.07, 6.45) is 0.547. The van der Waals surface area contributed by atoms with E-state index in [0.29, 0.717) is 30.2 Å². The number of benzene rings is 2. The Labute approximate surface area is 150 Å². The maximum absolute atomic E-state index is 13.6. The van der Waals surface area contributed by atoms with Crippen molar-refractivity contribution in [2.75, 3.05) is 13.2 Å². The molecule has 126 valence electrons. The first kappa shape index (κ1) is 16.1. The molecule has 2 unspecified atom stereocenters. The van der Waals surface area contributed by atoms with Gasteiger partial charge in [-0.15, -0.1) is 0 Å². The minimum Gasteiger partial charge on any atom is -0.492 e. The van der Waals surface area contributed by atoms with Gasteiger partial charge in [-0.1, -0.05) is 39.7 Å². The maximum atomic E-state index is 13.6. The van der Waals surface area contributed by atoms with Gasteiger partial charge < -0.3 is 10.1 Å². The summed E-state index contributed by atoms with van der Waals surface area (Å²) in [6.45, 7) is 2.97. The third-order valence-electron chi connectivity index (χ3n) is 5.07. The first-order valence-electron chi connectivity index (χ1n) is 7.93. The quantitative estimate of drug-likeness (QED) is 0.830. The van der Waals surface area contributed by atoms with Crippen LogP contribution in [0.25, 0.3) is 0 Å². The molecule has 2 heterocycles. The molecule has 2 aromatic rings. The van der Waals surface area contributed by atoms with Crippen LogP contribution in [-0.4, -0.2) is 27.6 Å². The van der Waals surface area contributed by atoms with Gasteiger partial charge in [0.1, 0.15) is 17.1 Å². The van der Waals surface area contributed by atoms with Gasteiger partial charge in [-0.05, 0) is 44.2 Å². The van der Waals surface area contributed by atoms with Gasteiger partial charge in [0.15, 0.2) is 9.84 Å². The average molecular weight is 408 g/mol. The van der Waals surface area contributed by atoms with Crippen LogP contribution in [0.4, 0.5) is 0 Å². The summed E-state index contributed by atoms with van der Waals surface area (Å²) in [5.41, 5.74) is 1.80. The largest absolute Gasteiger partial charge is 0.492 e. The highest BCUT2D eigenvalue weighted by Crippen LogP contribution is 2.50. The van der Waals surface area contributed by atoms with Gasteiger partial charge in [0.2, 0.25) is 0 Å². The molecule has 0 spiro atoms. The molecular weight excluding hydrogens is 390 g/mol. The highest BCUT2D eigenvalue weighted by atomic mass is 79.9. The Bertz CT molecular complexity index is 895. The van der Waals surface area contributed by atoms with Gasteiger partial charge in [0.05, 0.1) is 10.9 Å². The topological polar surface area (TPSA) is 55.4 Å². The number of ether oxygens (including phenoxy) is 1. The average Bonchev–Trinajstić information content (AvgIpc) is 3.00. The fourth-order valence-corrected chi connectivity index (χ4v) is 6.43. The summed E-state index contributed by atoms with van der Waals surface area (Å²) in [6, 6.07) is 12.5. The van der Waals surface area contributed by atoms with Crippen LogP contribution in [0.5, 0.6) is 5.75 Å². The lowest BCUT2D eigenvalue weighted by atomic mass is 9.88. The SMILES string of the molecule is Cc1ccc(S(=O)(=O)C23CCNC2COc2cc(Br)ccc23)cc1. The van der Waals surface area contributed by atoms with E-state index in [-0.39, 0.29) is 6.04 Å². The van der Waals surface area contributed by atoms with Crippen molar-refractivity contribution in [2.45, 2.75) is 29.0 Å². The van der Waals surface area contributed by atoms with E-state index in [4.69, 9.17) is 4.74 Å². The first-order valence-corrected chi connectivity index (χ1v) is 10.2. The standard InChI is InChI=1S/C18H18BrNO3S/c1-12-2-5-14(6-3-12)24(21,22)18-8-9-20-17(18)11-23-16-10-13(19)4-7-15(16)18/h2-7,10,17,20H,8-9,11H2,1H3. The van der Waals surface area contributed by atoms with Crippen LogP contribution >= 0.6 is 15.9 Å². The van der Waals surface area contributed by atoms with E-state index in [1.807, 2.05) is 37.3 Å². The molecule has 2 aliphatic heterocycles. The first-order chi connectivity index (χ1) is 11.4. The number of hydrogen-bond donors (Lipinski definition) is 1. The molecule has 0 saturated carbocycles. The van der Waals surface area contributed by atoms with Crippen molar-refractivity contribution in [3.63, 3.8) is 0 Å². The maximum Gasteiger partial charge on any atom is 0.190 e. The molecule has 24 heavy (non-hydrogen) atoms. The molecule has 4 nitrogen and oxygen atoms in total. The summed E-state index contributed by atoms with van der Waals surface area (Å²) in [5.74, 6) is 0.653. The Kier molecular flexibility index (Phi) is 3.74. The van der Waals surface area contributed by atoms with Crippen LogP contribution in [0, 0.1) is 6.92 Å². The molecule has 4 rings (SSSR count). The van der Waals surface area contributed by atoms with Crippen molar-refractivity contribution in [1.29, 1.82) is 0 Å². The van der Waals surface area contributed by atoms with Crippen LogP contribution in [-0.2, 0) is 14.6 Å². The second-order valence-corrected chi connectivity index (χ2v) is 9.54. The highest BCUT2D eigenvalue weighted by Gasteiger charge is 2.58. The Morgan fingerprint density at radius 1 is 1.21 bits per heavy atom. The molecule has 6 heteroatoms. The summed E-state index contributed by atoms with van der Waals surface area (Å²) < 4.78 is 33.0. The van der Waals surface area contributed by atoms with E-state index in [9.17, 15) is 8.42 Å². The molecule has 2 aliphatic rings. The Balaban J connectivity index is 1.96. The molecule has 1 saturated heterocycles. The Hall–Kier alpha value is -1.37. The monoisotopic (exact) mass is 407 g/mol. The number of aryl methyl sites for hydroxylation is 1. The highest BCUT2D eigenvalue weighted by molar-refractivity contribution is 9.10. The second kappa shape index (κ2) is 5.58. The zero-order valence-corrected chi connectivity index (χ0v) is 15.7. The zero-order valence-electron chi connectivity index (χ0n) is 13.3. The van der Waals surface area contributed by atoms with Crippen molar-refractivity contribution in [2.24, 2.45) is 0 Å². The lowest BCUT2D eigenvalue weighted by molar-refractivity contribution is 0.223. The van der Waals surface area contributed by atoms with Crippen molar-refractivity contribution in [3.8, 4) is 5.75 Å².